The van der Waals surface area contributed by atoms with Gasteiger partial charge in [-0.25, -0.2) is 0 Å². The van der Waals surface area contributed by atoms with Crippen molar-refractivity contribution in [2.75, 3.05) is 13.2 Å². The van der Waals surface area contributed by atoms with Crippen molar-refractivity contribution >= 4 is 5.78 Å². The summed E-state index contributed by atoms with van der Waals surface area (Å²) in [6.07, 6.45) is 2.37. The van der Waals surface area contributed by atoms with Gasteiger partial charge in [-0.05, 0) is 37.1 Å². The standard InChI is InChI=1S/C18H18O3/c19-18(14-5-2-1-3-6-14)15-8-10-16(11-9-15)21-13-17-7-4-12-20-17/h1-3,5-6,8-11,17H,4,7,12-13H2. The van der Waals surface area contributed by atoms with Gasteiger partial charge in [0.1, 0.15) is 12.4 Å². The predicted octanol–water partition coefficient (Wildman–Crippen LogP) is 3.48. The summed E-state index contributed by atoms with van der Waals surface area (Å²) in [6, 6.07) is 16.6. The molecule has 0 radical (unpaired) electrons. The molecule has 0 bridgehead atoms. The first kappa shape index (κ1) is 13.8. The van der Waals surface area contributed by atoms with Crippen molar-refractivity contribution in [3.63, 3.8) is 0 Å². The van der Waals surface area contributed by atoms with E-state index in [2.05, 4.69) is 0 Å². The summed E-state index contributed by atoms with van der Waals surface area (Å²) in [5.41, 5.74) is 1.37. The Kier molecular flexibility index (Phi) is 4.31. The number of ketones is 1. The third-order valence-electron chi connectivity index (χ3n) is 3.61. The lowest BCUT2D eigenvalue weighted by atomic mass is 10.0. The smallest absolute Gasteiger partial charge is 0.193 e. The Labute approximate surface area is 124 Å². The van der Waals surface area contributed by atoms with Crippen LogP contribution in [0.15, 0.2) is 54.6 Å². The molecule has 0 aliphatic carbocycles. The summed E-state index contributed by atoms with van der Waals surface area (Å²) >= 11 is 0. The van der Waals surface area contributed by atoms with Crippen molar-refractivity contribution in [3.8, 4) is 5.75 Å². The van der Waals surface area contributed by atoms with Gasteiger partial charge in [-0.3, -0.25) is 4.79 Å². The molecule has 0 aromatic heterocycles. The van der Waals surface area contributed by atoms with Gasteiger partial charge >= 0.3 is 0 Å². The van der Waals surface area contributed by atoms with E-state index in [-0.39, 0.29) is 11.9 Å². The molecule has 2 aromatic carbocycles. The van der Waals surface area contributed by atoms with Crippen LogP contribution >= 0.6 is 0 Å². The van der Waals surface area contributed by atoms with E-state index >= 15 is 0 Å². The van der Waals surface area contributed by atoms with Gasteiger partial charge in [0, 0.05) is 17.7 Å². The van der Waals surface area contributed by atoms with E-state index in [0.29, 0.717) is 17.7 Å². The minimum atomic E-state index is 0.0290. The highest BCUT2D eigenvalue weighted by atomic mass is 16.5. The van der Waals surface area contributed by atoms with E-state index in [1.54, 1.807) is 12.1 Å². The topological polar surface area (TPSA) is 35.5 Å². The fraction of sp³-hybridized carbons (Fsp3) is 0.278. The van der Waals surface area contributed by atoms with Gasteiger partial charge in [0.2, 0.25) is 0 Å². The number of benzene rings is 2. The lowest BCUT2D eigenvalue weighted by molar-refractivity contribution is 0.0679. The van der Waals surface area contributed by atoms with Crippen LogP contribution < -0.4 is 4.74 Å². The molecular formula is C18H18O3. The van der Waals surface area contributed by atoms with Gasteiger partial charge < -0.3 is 9.47 Å². The van der Waals surface area contributed by atoms with Crippen molar-refractivity contribution in [2.45, 2.75) is 18.9 Å². The van der Waals surface area contributed by atoms with E-state index in [0.717, 1.165) is 25.2 Å². The molecule has 1 aliphatic heterocycles. The van der Waals surface area contributed by atoms with Gasteiger partial charge in [0.05, 0.1) is 6.10 Å². The van der Waals surface area contributed by atoms with Crippen LogP contribution in [0.4, 0.5) is 0 Å². The molecule has 1 atom stereocenters. The number of hydrogen-bond acceptors (Lipinski definition) is 3. The fourth-order valence-corrected chi connectivity index (χ4v) is 2.42. The normalized spacial score (nSPS) is 17.6. The molecule has 108 valence electrons. The highest BCUT2D eigenvalue weighted by molar-refractivity contribution is 6.08. The summed E-state index contributed by atoms with van der Waals surface area (Å²) in [7, 11) is 0. The van der Waals surface area contributed by atoms with E-state index in [9.17, 15) is 4.79 Å². The summed E-state index contributed by atoms with van der Waals surface area (Å²) < 4.78 is 11.2. The Morgan fingerprint density at radius 2 is 1.76 bits per heavy atom. The first-order chi connectivity index (χ1) is 10.3. The zero-order valence-electron chi connectivity index (χ0n) is 11.8. The third-order valence-corrected chi connectivity index (χ3v) is 3.61. The average molecular weight is 282 g/mol. The number of ether oxygens (including phenoxy) is 2. The second-order valence-electron chi connectivity index (χ2n) is 5.17. The van der Waals surface area contributed by atoms with Gasteiger partial charge in [0.25, 0.3) is 0 Å². The third kappa shape index (κ3) is 3.50. The molecule has 1 heterocycles. The largest absolute Gasteiger partial charge is 0.491 e. The summed E-state index contributed by atoms with van der Waals surface area (Å²) in [4.78, 5) is 12.3. The number of carbonyl (C=O) groups excluding carboxylic acids is 1. The van der Waals surface area contributed by atoms with E-state index < -0.39 is 0 Å². The minimum Gasteiger partial charge on any atom is -0.491 e. The highest BCUT2D eigenvalue weighted by Gasteiger charge is 2.16. The zero-order valence-corrected chi connectivity index (χ0v) is 11.8. The minimum absolute atomic E-state index is 0.0290. The van der Waals surface area contributed by atoms with Crippen LogP contribution in [-0.4, -0.2) is 25.1 Å². The van der Waals surface area contributed by atoms with Crippen LogP contribution in [0.2, 0.25) is 0 Å². The zero-order chi connectivity index (χ0) is 14.5. The van der Waals surface area contributed by atoms with Crippen LogP contribution in [0.5, 0.6) is 5.75 Å². The Balaban J connectivity index is 1.62. The molecule has 1 fully saturated rings. The summed E-state index contributed by atoms with van der Waals surface area (Å²) in [5, 5.41) is 0. The van der Waals surface area contributed by atoms with Crippen LogP contribution in [0.3, 0.4) is 0 Å². The Bertz CT molecular complexity index is 584. The average Bonchev–Trinajstić information content (AvgIpc) is 3.07. The lowest BCUT2D eigenvalue weighted by Gasteiger charge is -2.11. The molecule has 3 nitrogen and oxygen atoms in total. The summed E-state index contributed by atoms with van der Waals surface area (Å²) in [5.74, 6) is 0.802. The van der Waals surface area contributed by atoms with Crippen molar-refractivity contribution in [1.82, 2.24) is 0 Å². The summed E-state index contributed by atoms with van der Waals surface area (Å²) in [6.45, 7) is 1.41. The van der Waals surface area contributed by atoms with E-state index in [4.69, 9.17) is 9.47 Å². The maximum absolute atomic E-state index is 12.3. The molecular weight excluding hydrogens is 264 g/mol. The van der Waals surface area contributed by atoms with Crippen molar-refractivity contribution in [3.05, 3.63) is 65.7 Å². The first-order valence-electron chi connectivity index (χ1n) is 7.27. The Hall–Kier alpha value is -2.13. The Morgan fingerprint density at radius 1 is 1.05 bits per heavy atom. The second kappa shape index (κ2) is 6.55. The molecule has 1 aliphatic rings. The highest BCUT2D eigenvalue weighted by Crippen LogP contribution is 2.18. The second-order valence-corrected chi connectivity index (χ2v) is 5.17. The monoisotopic (exact) mass is 282 g/mol. The molecule has 0 amide bonds. The maximum atomic E-state index is 12.3. The van der Waals surface area contributed by atoms with E-state index in [1.807, 2.05) is 42.5 Å². The molecule has 1 saturated heterocycles. The molecule has 0 spiro atoms. The van der Waals surface area contributed by atoms with Crippen LogP contribution in [0.25, 0.3) is 0 Å². The molecule has 3 heteroatoms. The SMILES string of the molecule is O=C(c1ccccc1)c1ccc(OCC2CCCO2)cc1. The quantitative estimate of drug-likeness (QED) is 0.788. The lowest BCUT2D eigenvalue weighted by Crippen LogP contribution is -2.16. The van der Waals surface area contributed by atoms with Crippen molar-refractivity contribution in [2.24, 2.45) is 0 Å². The maximum Gasteiger partial charge on any atom is 0.193 e. The van der Waals surface area contributed by atoms with Gasteiger partial charge in [-0.2, -0.15) is 0 Å². The van der Waals surface area contributed by atoms with Gasteiger partial charge in [0.15, 0.2) is 5.78 Å². The van der Waals surface area contributed by atoms with Crippen LogP contribution in [0.1, 0.15) is 28.8 Å². The van der Waals surface area contributed by atoms with Crippen molar-refractivity contribution < 1.29 is 14.3 Å². The molecule has 1 unspecified atom stereocenters. The fourth-order valence-electron chi connectivity index (χ4n) is 2.42. The molecule has 0 saturated carbocycles. The molecule has 0 N–H and O–H groups in total. The van der Waals surface area contributed by atoms with Crippen LogP contribution in [0, 0.1) is 0 Å². The Morgan fingerprint density at radius 3 is 2.43 bits per heavy atom. The number of hydrogen-bond donors (Lipinski definition) is 0. The number of carbonyl (C=O) groups is 1. The number of rotatable bonds is 5. The van der Waals surface area contributed by atoms with Crippen molar-refractivity contribution in [1.29, 1.82) is 0 Å². The molecule has 3 rings (SSSR count). The predicted molar refractivity (Wildman–Crippen MR) is 80.8 cm³/mol. The molecule has 21 heavy (non-hydrogen) atoms. The van der Waals surface area contributed by atoms with Crippen LogP contribution in [-0.2, 0) is 4.74 Å². The van der Waals surface area contributed by atoms with Gasteiger partial charge in [-0.1, -0.05) is 30.3 Å². The van der Waals surface area contributed by atoms with E-state index in [1.165, 1.54) is 0 Å². The van der Waals surface area contributed by atoms with Gasteiger partial charge in [-0.15, -0.1) is 0 Å². The first-order valence-corrected chi connectivity index (χ1v) is 7.27. The molecule has 2 aromatic rings.